The summed E-state index contributed by atoms with van der Waals surface area (Å²) in [6, 6.07) is 14.1. The highest BCUT2D eigenvalue weighted by atomic mass is 16.5. The van der Waals surface area contributed by atoms with Crippen LogP contribution in [0.3, 0.4) is 0 Å². The van der Waals surface area contributed by atoms with Gasteiger partial charge in [-0.3, -0.25) is 0 Å². The van der Waals surface area contributed by atoms with E-state index in [9.17, 15) is 9.90 Å². The molecule has 3 rings (SSSR count). The van der Waals surface area contributed by atoms with Crippen LogP contribution >= 0.6 is 0 Å². The van der Waals surface area contributed by atoms with Crippen molar-refractivity contribution in [1.82, 2.24) is 4.98 Å². The standard InChI is InChI=1S/C18H15NO5/c1-22-13-9-5-3-7-11(13)16-15(18(20)21)19-17(24-16)12-8-4-6-10-14(12)23-2/h3-10H,1-2H3,(H,20,21). The Morgan fingerprint density at radius 2 is 1.50 bits per heavy atom. The molecule has 0 spiro atoms. The van der Waals surface area contributed by atoms with E-state index in [-0.39, 0.29) is 17.3 Å². The molecular formula is C18H15NO5. The summed E-state index contributed by atoms with van der Waals surface area (Å²) in [5.74, 6) is 0.178. The van der Waals surface area contributed by atoms with Crippen LogP contribution in [0.25, 0.3) is 22.8 Å². The van der Waals surface area contributed by atoms with E-state index in [0.717, 1.165) is 0 Å². The number of hydrogen-bond donors (Lipinski definition) is 1. The third-order valence-corrected chi connectivity index (χ3v) is 3.52. The van der Waals surface area contributed by atoms with Gasteiger partial charge in [-0.25, -0.2) is 9.78 Å². The first kappa shape index (κ1) is 15.6. The number of ether oxygens (including phenoxy) is 2. The molecule has 1 heterocycles. The Morgan fingerprint density at radius 3 is 2.08 bits per heavy atom. The van der Waals surface area contributed by atoms with Crippen molar-refractivity contribution in [2.45, 2.75) is 0 Å². The molecule has 1 N–H and O–H groups in total. The molecule has 0 aliphatic heterocycles. The van der Waals surface area contributed by atoms with Gasteiger partial charge in [0.2, 0.25) is 5.89 Å². The van der Waals surface area contributed by atoms with E-state index in [2.05, 4.69) is 4.98 Å². The number of benzene rings is 2. The van der Waals surface area contributed by atoms with Crippen LogP contribution in [-0.4, -0.2) is 30.3 Å². The second kappa shape index (κ2) is 6.45. The van der Waals surface area contributed by atoms with Crippen LogP contribution in [-0.2, 0) is 0 Å². The molecule has 0 fully saturated rings. The third kappa shape index (κ3) is 2.69. The van der Waals surface area contributed by atoms with Crippen LogP contribution in [0, 0.1) is 0 Å². The first-order chi connectivity index (χ1) is 11.7. The van der Waals surface area contributed by atoms with Gasteiger partial charge in [-0.2, -0.15) is 0 Å². The van der Waals surface area contributed by atoms with Crippen molar-refractivity contribution in [3.8, 4) is 34.3 Å². The lowest BCUT2D eigenvalue weighted by molar-refractivity contribution is 0.0691. The Morgan fingerprint density at radius 1 is 0.958 bits per heavy atom. The molecule has 0 unspecified atom stereocenters. The van der Waals surface area contributed by atoms with Crippen molar-refractivity contribution >= 4 is 5.97 Å². The zero-order chi connectivity index (χ0) is 17.1. The van der Waals surface area contributed by atoms with Gasteiger partial charge in [0.15, 0.2) is 11.5 Å². The van der Waals surface area contributed by atoms with E-state index in [4.69, 9.17) is 13.9 Å². The molecule has 0 saturated carbocycles. The summed E-state index contributed by atoms with van der Waals surface area (Å²) in [5.41, 5.74) is 0.912. The molecule has 0 atom stereocenters. The van der Waals surface area contributed by atoms with E-state index in [1.54, 1.807) is 42.5 Å². The lowest BCUT2D eigenvalue weighted by Gasteiger charge is -2.06. The van der Waals surface area contributed by atoms with E-state index >= 15 is 0 Å². The normalized spacial score (nSPS) is 10.4. The van der Waals surface area contributed by atoms with Crippen LogP contribution in [0.1, 0.15) is 10.5 Å². The lowest BCUT2D eigenvalue weighted by atomic mass is 10.1. The molecule has 122 valence electrons. The zero-order valence-electron chi connectivity index (χ0n) is 13.1. The number of nitrogens with zero attached hydrogens (tertiary/aromatic N) is 1. The molecule has 0 radical (unpaired) electrons. The molecule has 2 aromatic carbocycles. The summed E-state index contributed by atoms with van der Waals surface area (Å²) >= 11 is 0. The molecule has 6 heteroatoms. The quantitative estimate of drug-likeness (QED) is 0.770. The number of carboxylic acids is 1. The highest BCUT2D eigenvalue weighted by Crippen LogP contribution is 2.37. The number of methoxy groups -OCH3 is 2. The first-order valence-electron chi connectivity index (χ1n) is 7.16. The SMILES string of the molecule is COc1ccccc1-c1nc(C(=O)O)c(-c2ccccc2OC)o1. The van der Waals surface area contributed by atoms with Gasteiger partial charge >= 0.3 is 5.97 Å². The van der Waals surface area contributed by atoms with Crippen LogP contribution in [0.15, 0.2) is 52.9 Å². The maximum absolute atomic E-state index is 11.6. The van der Waals surface area contributed by atoms with Gasteiger partial charge in [-0.15, -0.1) is 0 Å². The Balaban J connectivity index is 2.21. The Kier molecular flexibility index (Phi) is 4.20. The molecular weight excluding hydrogens is 310 g/mol. The van der Waals surface area contributed by atoms with E-state index in [0.29, 0.717) is 22.6 Å². The van der Waals surface area contributed by atoms with Gasteiger partial charge in [0.1, 0.15) is 11.5 Å². The van der Waals surface area contributed by atoms with Gasteiger partial charge < -0.3 is 19.0 Å². The summed E-state index contributed by atoms with van der Waals surface area (Å²) in [7, 11) is 3.04. The smallest absolute Gasteiger partial charge is 0.358 e. The molecule has 24 heavy (non-hydrogen) atoms. The number of aromatic nitrogens is 1. The Labute approximate surface area is 138 Å². The van der Waals surface area contributed by atoms with E-state index in [1.165, 1.54) is 14.2 Å². The van der Waals surface area contributed by atoms with Gasteiger partial charge in [0, 0.05) is 0 Å². The van der Waals surface area contributed by atoms with Crippen LogP contribution < -0.4 is 9.47 Å². The highest BCUT2D eigenvalue weighted by Gasteiger charge is 2.24. The monoisotopic (exact) mass is 325 g/mol. The van der Waals surface area contributed by atoms with Crippen molar-refractivity contribution < 1.29 is 23.8 Å². The maximum atomic E-state index is 11.6. The number of carbonyl (C=O) groups is 1. The summed E-state index contributed by atoms with van der Waals surface area (Å²) in [5, 5.41) is 9.48. The minimum atomic E-state index is -1.18. The second-order valence-corrected chi connectivity index (χ2v) is 4.90. The molecule has 3 aromatic rings. The van der Waals surface area contributed by atoms with Gasteiger partial charge in [0.05, 0.1) is 25.3 Å². The first-order valence-corrected chi connectivity index (χ1v) is 7.16. The number of hydrogen-bond acceptors (Lipinski definition) is 5. The van der Waals surface area contributed by atoms with Crippen molar-refractivity contribution in [2.75, 3.05) is 14.2 Å². The summed E-state index contributed by atoms with van der Waals surface area (Å²) < 4.78 is 16.4. The van der Waals surface area contributed by atoms with Crippen molar-refractivity contribution in [2.24, 2.45) is 0 Å². The predicted octanol–water partition coefficient (Wildman–Crippen LogP) is 3.72. The Bertz CT molecular complexity index is 885. The predicted molar refractivity (Wildman–Crippen MR) is 87.4 cm³/mol. The molecule has 0 aliphatic carbocycles. The van der Waals surface area contributed by atoms with Gasteiger partial charge in [-0.05, 0) is 24.3 Å². The summed E-state index contributed by atoms with van der Waals surface area (Å²) in [6.45, 7) is 0. The third-order valence-electron chi connectivity index (χ3n) is 3.52. The van der Waals surface area contributed by atoms with E-state index < -0.39 is 5.97 Å². The zero-order valence-corrected chi connectivity index (χ0v) is 13.1. The van der Waals surface area contributed by atoms with Gasteiger partial charge in [0.25, 0.3) is 0 Å². The number of para-hydroxylation sites is 2. The van der Waals surface area contributed by atoms with Crippen molar-refractivity contribution in [1.29, 1.82) is 0 Å². The topological polar surface area (TPSA) is 81.8 Å². The fraction of sp³-hybridized carbons (Fsp3) is 0.111. The molecule has 0 saturated heterocycles. The maximum Gasteiger partial charge on any atom is 0.358 e. The second-order valence-electron chi connectivity index (χ2n) is 4.90. The average Bonchev–Trinajstić information content (AvgIpc) is 3.07. The van der Waals surface area contributed by atoms with Crippen LogP contribution in [0.2, 0.25) is 0 Å². The summed E-state index contributed by atoms with van der Waals surface area (Å²) in [6.07, 6.45) is 0. The Hall–Kier alpha value is -3.28. The molecule has 0 amide bonds. The van der Waals surface area contributed by atoms with Gasteiger partial charge in [-0.1, -0.05) is 24.3 Å². The number of rotatable bonds is 5. The van der Waals surface area contributed by atoms with Crippen LogP contribution in [0.4, 0.5) is 0 Å². The van der Waals surface area contributed by atoms with Crippen LogP contribution in [0.5, 0.6) is 11.5 Å². The molecule has 6 nitrogen and oxygen atoms in total. The fourth-order valence-electron chi connectivity index (χ4n) is 2.42. The molecule has 0 bridgehead atoms. The highest BCUT2D eigenvalue weighted by molar-refractivity contribution is 5.94. The van der Waals surface area contributed by atoms with E-state index in [1.807, 2.05) is 6.07 Å². The molecule has 0 aliphatic rings. The minimum absolute atomic E-state index is 0.140. The van der Waals surface area contributed by atoms with Crippen molar-refractivity contribution in [3.05, 3.63) is 54.2 Å². The number of aromatic carboxylic acids is 1. The number of oxazole rings is 1. The fourth-order valence-corrected chi connectivity index (χ4v) is 2.42. The summed E-state index contributed by atoms with van der Waals surface area (Å²) in [4.78, 5) is 15.7. The number of carboxylic acid groups (broad SMARTS) is 1. The van der Waals surface area contributed by atoms with Crippen molar-refractivity contribution in [3.63, 3.8) is 0 Å². The average molecular weight is 325 g/mol. The largest absolute Gasteiger partial charge is 0.496 e. The minimum Gasteiger partial charge on any atom is -0.496 e. The lowest BCUT2D eigenvalue weighted by Crippen LogP contribution is -1.99. The molecule has 1 aromatic heterocycles.